The molecule has 1 aromatic rings. The van der Waals surface area contributed by atoms with Gasteiger partial charge >= 0.3 is 5.97 Å². The maximum absolute atomic E-state index is 11.3. The van der Waals surface area contributed by atoms with Crippen molar-refractivity contribution >= 4 is 17.6 Å². The number of hydrogen-bond donors (Lipinski definition) is 1. The number of likely N-dealkylation sites (N-methyl/N-ethyl adjacent to an activating group) is 1. The van der Waals surface area contributed by atoms with Crippen LogP contribution in [0.2, 0.25) is 5.02 Å². The molecule has 0 saturated heterocycles. The highest BCUT2D eigenvalue weighted by Crippen LogP contribution is 2.11. The van der Waals surface area contributed by atoms with E-state index in [1.807, 2.05) is 12.1 Å². The molecule has 1 aromatic carbocycles. The van der Waals surface area contributed by atoms with Crippen LogP contribution in [0.15, 0.2) is 24.3 Å². The molecule has 0 saturated carbocycles. The van der Waals surface area contributed by atoms with Crippen LogP contribution in [0.1, 0.15) is 5.56 Å². The maximum atomic E-state index is 11.3. The highest BCUT2D eigenvalue weighted by Gasteiger charge is 2.16. The Labute approximate surface area is 94.4 Å². The minimum Gasteiger partial charge on any atom is -0.468 e. The zero-order chi connectivity index (χ0) is 11.3. The third-order valence-corrected chi connectivity index (χ3v) is 2.44. The van der Waals surface area contributed by atoms with Crippen molar-refractivity contribution in [3.05, 3.63) is 34.9 Å². The van der Waals surface area contributed by atoms with E-state index in [9.17, 15) is 4.79 Å². The third-order valence-electron chi connectivity index (χ3n) is 2.19. The first-order valence-corrected chi connectivity index (χ1v) is 5.04. The molecular formula is C11H14ClNO2. The summed E-state index contributed by atoms with van der Waals surface area (Å²) in [7, 11) is 3.12. The van der Waals surface area contributed by atoms with Gasteiger partial charge in [0.25, 0.3) is 0 Å². The van der Waals surface area contributed by atoms with Crippen LogP contribution in [0.25, 0.3) is 0 Å². The number of ether oxygens (including phenoxy) is 1. The molecule has 0 fully saturated rings. The summed E-state index contributed by atoms with van der Waals surface area (Å²) < 4.78 is 4.67. The van der Waals surface area contributed by atoms with Crippen molar-refractivity contribution in [2.75, 3.05) is 14.2 Å². The minimum atomic E-state index is -0.309. The van der Waals surface area contributed by atoms with Crippen LogP contribution in [-0.4, -0.2) is 26.2 Å². The van der Waals surface area contributed by atoms with Crippen LogP contribution in [0.5, 0.6) is 0 Å². The fourth-order valence-electron chi connectivity index (χ4n) is 1.30. The average Bonchev–Trinajstić information content (AvgIpc) is 2.27. The summed E-state index contributed by atoms with van der Waals surface area (Å²) in [5.74, 6) is -0.257. The molecule has 15 heavy (non-hydrogen) atoms. The Bertz CT molecular complexity index is 324. The number of esters is 1. The molecule has 3 nitrogen and oxygen atoms in total. The number of carbonyl (C=O) groups excluding carboxylic acids is 1. The van der Waals surface area contributed by atoms with Crippen LogP contribution in [0.3, 0.4) is 0 Å². The Morgan fingerprint density at radius 1 is 1.47 bits per heavy atom. The fourth-order valence-corrected chi connectivity index (χ4v) is 1.43. The Hall–Kier alpha value is -1.06. The second-order valence-corrected chi connectivity index (χ2v) is 3.63. The van der Waals surface area contributed by atoms with Gasteiger partial charge in [0.1, 0.15) is 6.04 Å². The normalized spacial score (nSPS) is 12.2. The lowest BCUT2D eigenvalue weighted by atomic mass is 10.1. The van der Waals surface area contributed by atoms with Crippen LogP contribution in [0.4, 0.5) is 0 Å². The first-order chi connectivity index (χ1) is 7.17. The molecule has 0 radical (unpaired) electrons. The standard InChI is InChI=1S/C11H14ClNO2/c1-13-10(11(14)15-2)7-8-3-5-9(12)6-4-8/h3-6,10,13H,7H2,1-2H3/t10-/m1/s1. The van der Waals surface area contributed by atoms with Crippen LogP contribution >= 0.6 is 11.6 Å². The van der Waals surface area contributed by atoms with Crippen LogP contribution < -0.4 is 5.32 Å². The number of methoxy groups -OCH3 is 1. The molecule has 0 amide bonds. The second-order valence-electron chi connectivity index (χ2n) is 3.20. The maximum Gasteiger partial charge on any atom is 0.323 e. The lowest BCUT2D eigenvalue weighted by molar-refractivity contribution is -0.142. The lowest BCUT2D eigenvalue weighted by Crippen LogP contribution is -2.36. The number of hydrogen-bond acceptors (Lipinski definition) is 3. The lowest BCUT2D eigenvalue weighted by Gasteiger charge is -2.13. The van der Waals surface area contributed by atoms with Gasteiger partial charge in [0.2, 0.25) is 0 Å². The highest BCUT2D eigenvalue weighted by atomic mass is 35.5. The molecule has 1 atom stereocenters. The fraction of sp³-hybridized carbons (Fsp3) is 0.364. The molecule has 0 bridgehead atoms. The topological polar surface area (TPSA) is 38.3 Å². The molecule has 0 aliphatic rings. The molecule has 0 heterocycles. The predicted octanol–water partition coefficient (Wildman–Crippen LogP) is 1.64. The SMILES string of the molecule is CN[C@H](Cc1ccc(Cl)cc1)C(=O)OC. The number of halogens is 1. The van der Waals surface area contributed by atoms with E-state index in [-0.39, 0.29) is 12.0 Å². The van der Waals surface area contributed by atoms with Crippen molar-refractivity contribution in [1.82, 2.24) is 5.32 Å². The Balaban J connectivity index is 2.66. The zero-order valence-corrected chi connectivity index (χ0v) is 9.54. The largest absolute Gasteiger partial charge is 0.468 e. The number of benzene rings is 1. The van der Waals surface area contributed by atoms with Crippen molar-refractivity contribution < 1.29 is 9.53 Å². The highest BCUT2D eigenvalue weighted by molar-refractivity contribution is 6.30. The Morgan fingerprint density at radius 3 is 2.53 bits per heavy atom. The third kappa shape index (κ3) is 3.53. The van der Waals surface area contributed by atoms with E-state index in [4.69, 9.17) is 11.6 Å². The molecule has 0 aliphatic heterocycles. The van der Waals surface area contributed by atoms with Gasteiger partial charge in [0, 0.05) is 5.02 Å². The Morgan fingerprint density at radius 2 is 2.07 bits per heavy atom. The van der Waals surface area contributed by atoms with E-state index in [2.05, 4.69) is 10.1 Å². The average molecular weight is 228 g/mol. The van der Waals surface area contributed by atoms with E-state index >= 15 is 0 Å². The second kappa shape index (κ2) is 5.73. The summed E-state index contributed by atoms with van der Waals surface area (Å²) in [5, 5.41) is 3.60. The summed E-state index contributed by atoms with van der Waals surface area (Å²) >= 11 is 5.76. The van der Waals surface area contributed by atoms with Gasteiger partial charge in [-0.2, -0.15) is 0 Å². The van der Waals surface area contributed by atoms with Crippen molar-refractivity contribution in [2.45, 2.75) is 12.5 Å². The van der Waals surface area contributed by atoms with Crippen molar-refractivity contribution in [1.29, 1.82) is 0 Å². The monoisotopic (exact) mass is 227 g/mol. The van der Waals surface area contributed by atoms with Crippen molar-refractivity contribution in [2.24, 2.45) is 0 Å². The quantitative estimate of drug-likeness (QED) is 0.795. The molecule has 82 valence electrons. The van der Waals surface area contributed by atoms with E-state index in [0.29, 0.717) is 11.4 Å². The smallest absolute Gasteiger partial charge is 0.323 e. The molecule has 4 heteroatoms. The van der Waals surface area contributed by atoms with Gasteiger partial charge in [-0.05, 0) is 31.2 Å². The van der Waals surface area contributed by atoms with Crippen molar-refractivity contribution in [3.8, 4) is 0 Å². The number of rotatable bonds is 4. The molecule has 0 aromatic heterocycles. The summed E-state index contributed by atoms with van der Waals surface area (Å²) in [4.78, 5) is 11.3. The van der Waals surface area contributed by atoms with E-state index < -0.39 is 0 Å². The van der Waals surface area contributed by atoms with Crippen LogP contribution in [0, 0.1) is 0 Å². The van der Waals surface area contributed by atoms with Gasteiger partial charge in [-0.3, -0.25) is 4.79 Å². The first-order valence-electron chi connectivity index (χ1n) is 4.67. The van der Waals surface area contributed by atoms with Gasteiger partial charge in [-0.15, -0.1) is 0 Å². The van der Waals surface area contributed by atoms with Gasteiger partial charge in [-0.25, -0.2) is 0 Å². The van der Waals surface area contributed by atoms with Gasteiger partial charge < -0.3 is 10.1 Å². The van der Waals surface area contributed by atoms with E-state index in [1.54, 1.807) is 19.2 Å². The van der Waals surface area contributed by atoms with Crippen molar-refractivity contribution in [3.63, 3.8) is 0 Å². The van der Waals surface area contributed by atoms with Gasteiger partial charge in [0.05, 0.1) is 7.11 Å². The zero-order valence-electron chi connectivity index (χ0n) is 8.79. The molecule has 0 unspecified atom stereocenters. The summed E-state index contributed by atoms with van der Waals surface area (Å²) in [6.07, 6.45) is 0.598. The Kier molecular flexibility index (Phi) is 4.59. The summed E-state index contributed by atoms with van der Waals surface area (Å²) in [5.41, 5.74) is 1.05. The molecule has 1 N–H and O–H groups in total. The van der Waals surface area contributed by atoms with Gasteiger partial charge in [-0.1, -0.05) is 23.7 Å². The number of carbonyl (C=O) groups is 1. The molecule has 0 aliphatic carbocycles. The van der Waals surface area contributed by atoms with Crippen LogP contribution in [-0.2, 0) is 16.0 Å². The molecule has 0 spiro atoms. The minimum absolute atomic E-state index is 0.257. The first kappa shape index (κ1) is 12.0. The van der Waals surface area contributed by atoms with E-state index in [0.717, 1.165) is 5.56 Å². The van der Waals surface area contributed by atoms with E-state index in [1.165, 1.54) is 7.11 Å². The summed E-state index contributed by atoms with van der Waals surface area (Å²) in [6, 6.07) is 7.10. The number of nitrogens with one attached hydrogen (secondary N) is 1. The molecular weight excluding hydrogens is 214 g/mol. The van der Waals surface area contributed by atoms with Gasteiger partial charge in [0.15, 0.2) is 0 Å². The predicted molar refractivity (Wildman–Crippen MR) is 60.0 cm³/mol. The summed E-state index contributed by atoms with van der Waals surface area (Å²) in [6.45, 7) is 0. The molecule has 1 rings (SSSR count).